The molecule has 118 valence electrons. The van der Waals surface area contributed by atoms with Crippen LogP contribution in [0.15, 0.2) is 46.8 Å². The molecular weight excluding hydrogens is 310 g/mol. The van der Waals surface area contributed by atoms with Crippen molar-refractivity contribution in [1.82, 2.24) is 9.55 Å². The molecule has 2 heterocycles. The summed E-state index contributed by atoms with van der Waals surface area (Å²) in [5, 5.41) is 5.20. The average molecular weight is 327 g/mol. The molecule has 0 saturated heterocycles. The van der Waals surface area contributed by atoms with Crippen LogP contribution in [-0.2, 0) is 11.3 Å². The summed E-state index contributed by atoms with van der Waals surface area (Å²) in [4.78, 5) is 29.4. The van der Waals surface area contributed by atoms with Gasteiger partial charge in [0.2, 0.25) is 5.91 Å². The predicted molar refractivity (Wildman–Crippen MR) is 93.0 cm³/mol. The fraction of sp³-hybridized carbons (Fsp3) is 0.235. The maximum Gasteiger partial charge on any atom is 0.262 e. The number of amides is 1. The Balaban J connectivity index is 1.77. The zero-order valence-electron chi connectivity index (χ0n) is 12.9. The third-order valence-corrected chi connectivity index (χ3v) is 4.42. The van der Waals surface area contributed by atoms with Crippen LogP contribution in [-0.4, -0.2) is 15.5 Å². The second kappa shape index (κ2) is 6.34. The fourth-order valence-electron chi connectivity index (χ4n) is 2.34. The molecule has 1 N–H and O–H groups in total. The van der Waals surface area contributed by atoms with Gasteiger partial charge in [0.25, 0.3) is 5.56 Å². The topological polar surface area (TPSA) is 64.0 Å². The lowest BCUT2D eigenvalue weighted by Crippen LogP contribution is -2.27. The smallest absolute Gasteiger partial charge is 0.262 e. The number of hydrogen-bond acceptors (Lipinski definition) is 4. The molecule has 0 spiro atoms. The molecule has 0 atom stereocenters. The Hall–Kier alpha value is -2.47. The van der Waals surface area contributed by atoms with Crippen molar-refractivity contribution in [1.29, 1.82) is 0 Å². The van der Waals surface area contributed by atoms with E-state index in [-0.39, 0.29) is 18.0 Å². The first-order valence-corrected chi connectivity index (χ1v) is 8.25. The summed E-state index contributed by atoms with van der Waals surface area (Å²) in [7, 11) is 0. The van der Waals surface area contributed by atoms with Gasteiger partial charge in [-0.1, -0.05) is 26.0 Å². The molecule has 23 heavy (non-hydrogen) atoms. The highest BCUT2D eigenvalue weighted by Gasteiger charge is 2.09. The van der Waals surface area contributed by atoms with Gasteiger partial charge in [0.05, 0.1) is 11.7 Å². The second-order valence-corrected chi connectivity index (χ2v) is 6.54. The summed E-state index contributed by atoms with van der Waals surface area (Å²) < 4.78 is 1.33. The molecule has 5 nitrogen and oxygen atoms in total. The van der Waals surface area contributed by atoms with Crippen LogP contribution in [0.4, 0.5) is 5.69 Å². The highest BCUT2D eigenvalue weighted by Crippen LogP contribution is 2.18. The molecule has 0 saturated carbocycles. The Kier molecular flexibility index (Phi) is 4.25. The third-order valence-electron chi connectivity index (χ3n) is 3.60. The number of carbonyl (C=O) groups is 1. The molecule has 3 aromatic rings. The van der Waals surface area contributed by atoms with Gasteiger partial charge in [-0.25, -0.2) is 4.98 Å². The number of fused-ring (bicyclic) bond motifs is 1. The van der Waals surface area contributed by atoms with Crippen molar-refractivity contribution in [3.8, 4) is 0 Å². The van der Waals surface area contributed by atoms with Crippen molar-refractivity contribution < 1.29 is 4.79 Å². The molecule has 0 radical (unpaired) electrons. The molecule has 3 rings (SSSR count). The minimum absolute atomic E-state index is 0.0521. The van der Waals surface area contributed by atoms with Crippen molar-refractivity contribution in [2.24, 2.45) is 0 Å². The molecule has 1 amide bonds. The minimum Gasteiger partial charge on any atom is -0.325 e. The summed E-state index contributed by atoms with van der Waals surface area (Å²) in [5.74, 6) is 0.143. The largest absolute Gasteiger partial charge is 0.325 e. The van der Waals surface area contributed by atoms with Gasteiger partial charge >= 0.3 is 0 Å². The zero-order chi connectivity index (χ0) is 16.4. The lowest BCUT2D eigenvalue weighted by Gasteiger charge is -2.10. The predicted octanol–water partition coefficient (Wildman–Crippen LogP) is 3.22. The van der Waals surface area contributed by atoms with Gasteiger partial charge in [-0.3, -0.25) is 14.2 Å². The molecule has 6 heteroatoms. The molecule has 0 unspecified atom stereocenters. The standard InChI is InChI=1S/C17H17N3O2S/c1-11(2)12-4-3-5-13(8-12)19-15(21)9-20-10-18-16-14(17(20)22)6-7-23-16/h3-8,10-11H,9H2,1-2H3,(H,19,21). The van der Waals surface area contributed by atoms with Crippen LogP contribution in [0, 0.1) is 0 Å². The Morgan fingerprint density at radius 2 is 2.17 bits per heavy atom. The van der Waals surface area contributed by atoms with Crippen LogP contribution >= 0.6 is 11.3 Å². The number of nitrogens with one attached hydrogen (secondary N) is 1. The number of nitrogens with zero attached hydrogens (tertiary/aromatic N) is 2. The second-order valence-electron chi connectivity index (χ2n) is 5.65. The number of carbonyl (C=O) groups excluding carboxylic acids is 1. The van der Waals surface area contributed by atoms with E-state index in [9.17, 15) is 9.59 Å². The van der Waals surface area contributed by atoms with Gasteiger partial charge in [0.15, 0.2) is 0 Å². The molecular formula is C17H17N3O2S. The van der Waals surface area contributed by atoms with Crippen molar-refractivity contribution in [3.05, 3.63) is 58.0 Å². The van der Waals surface area contributed by atoms with Crippen LogP contribution in [0.1, 0.15) is 25.3 Å². The lowest BCUT2D eigenvalue weighted by molar-refractivity contribution is -0.116. The Morgan fingerprint density at radius 1 is 1.35 bits per heavy atom. The molecule has 0 aliphatic heterocycles. The van der Waals surface area contributed by atoms with Gasteiger partial charge in [-0.2, -0.15) is 0 Å². The van der Waals surface area contributed by atoms with E-state index in [0.29, 0.717) is 16.1 Å². The van der Waals surface area contributed by atoms with Gasteiger partial charge in [0, 0.05) is 5.69 Å². The minimum atomic E-state index is -0.246. The molecule has 0 fully saturated rings. The number of anilines is 1. The molecule has 1 aromatic carbocycles. The van der Waals surface area contributed by atoms with Gasteiger partial charge < -0.3 is 5.32 Å². The first-order valence-electron chi connectivity index (χ1n) is 7.37. The number of aromatic nitrogens is 2. The molecule has 0 aliphatic carbocycles. The van der Waals surface area contributed by atoms with Crippen molar-refractivity contribution in [2.75, 3.05) is 5.32 Å². The fourth-order valence-corrected chi connectivity index (χ4v) is 3.06. The van der Waals surface area contributed by atoms with Crippen LogP contribution in [0.25, 0.3) is 10.2 Å². The van der Waals surface area contributed by atoms with Crippen molar-refractivity contribution in [3.63, 3.8) is 0 Å². The van der Waals surface area contributed by atoms with Gasteiger partial charge in [-0.05, 0) is 35.1 Å². The SMILES string of the molecule is CC(C)c1cccc(NC(=O)Cn2cnc3sccc3c2=O)c1. The van der Waals surface area contributed by atoms with E-state index in [2.05, 4.69) is 24.1 Å². The van der Waals surface area contributed by atoms with Crippen molar-refractivity contribution in [2.45, 2.75) is 26.3 Å². The monoisotopic (exact) mass is 327 g/mol. The first-order chi connectivity index (χ1) is 11.0. The van der Waals surface area contributed by atoms with E-state index in [4.69, 9.17) is 0 Å². The van der Waals surface area contributed by atoms with Crippen LogP contribution in [0.2, 0.25) is 0 Å². The van der Waals surface area contributed by atoms with Gasteiger partial charge in [0.1, 0.15) is 11.4 Å². The van der Waals surface area contributed by atoms with E-state index >= 15 is 0 Å². The normalized spacial score (nSPS) is 11.1. The quantitative estimate of drug-likeness (QED) is 0.800. The van der Waals surface area contributed by atoms with E-state index in [1.807, 2.05) is 29.6 Å². The maximum absolute atomic E-state index is 12.3. The Labute approximate surface area is 137 Å². The van der Waals surface area contributed by atoms with Crippen molar-refractivity contribution >= 4 is 33.1 Å². The number of benzene rings is 1. The van der Waals surface area contributed by atoms with Crippen LogP contribution in [0.5, 0.6) is 0 Å². The molecule has 0 aliphatic rings. The summed E-state index contributed by atoms with van der Waals surface area (Å²) in [6, 6.07) is 9.46. The summed E-state index contributed by atoms with van der Waals surface area (Å²) in [6.07, 6.45) is 1.42. The lowest BCUT2D eigenvalue weighted by atomic mass is 10.0. The van der Waals surface area contributed by atoms with Gasteiger partial charge in [-0.15, -0.1) is 11.3 Å². The van der Waals surface area contributed by atoms with Crippen LogP contribution in [0.3, 0.4) is 0 Å². The Bertz CT molecular complexity index is 911. The number of thiophene rings is 1. The number of rotatable bonds is 4. The molecule has 2 aromatic heterocycles. The first kappa shape index (κ1) is 15.4. The molecule has 0 bridgehead atoms. The van der Waals surface area contributed by atoms with E-state index in [1.54, 1.807) is 6.07 Å². The summed E-state index contributed by atoms with van der Waals surface area (Å²) in [6.45, 7) is 4.15. The highest BCUT2D eigenvalue weighted by atomic mass is 32.1. The number of hydrogen-bond donors (Lipinski definition) is 1. The van der Waals surface area contributed by atoms with E-state index in [0.717, 1.165) is 11.3 Å². The summed E-state index contributed by atoms with van der Waals surface area (Å²) in [5.41, 5.74) is 1.70. The van der Waals surface area contributed by atoms with E-state index in [1.165, 1.54) is 22.2 Å². The van der Waals surface area contributed by atoms with Crippen LogP contribution < -0.4 is 10.9 Å². The highest BCUT2D eigenvalue weighted by molar-refractivity contribution is 7.16. The maximum atomic E-state index is 12.3. The average Bonchev–Trinajstić information content (AvgIpc) is 2.99. The third kappa shape index (κ3) is 3.32. The van der Waals surface area contributed by atoms with E-state index < -0.39 is 0 Å². The zero-order valence-corrected chi connectivity index (χ0v) is 13.8. The summed E-state index contributed by atoms with van der Waals surface area (Å²) >= 11 is 1.41. The Morgan fingerprint density at radius 3 is 2.96 bits per heavy atom.